The fourth-order valence-electron chi connectivity index (χ4n) is 3.01. The van der Waals surface area contributed by atoms with E-state index in [0.29, 0.717) is 30.2 Å². The maximum atomic E-state index is 12.3. The fourth-order valence-corrected chi connectivity index (χ4v) is 3.01. The summed E-state index contributed by atoms with van der Waals surface area (Å²) in [5.41, 5.74) is 3.26. The van der Waals surface area contributed by atoms with Crippen LogP contribution in [-0.4, -0.2) is 29.9 Å². The summed E-state index contributed by atoms with van der Waals surface area (Å²) in [4.78, 5) is 24.4. The summed E-state index contributed by atoms with van der Waals surface area (Å²) in [5, 5.41) is 7.27. The first-order chi connectivity index (χ1) is 14.5. The van der Waals surface area contributed by atoms with Crippen molar-refractivity contribution in [2.24, 2.45) is 0 Å². The standard InChI is InChI=1S/C23H25N3O4/c1-16-6-8-17(9-7-16)19-11-13-23(28)26(25-19)14-4-5-22(27)24-18-10-12-20(29-2)21(15-18)30-3/h6-13,15H,4-5,14H2,1-3H3,(H,24,27). The van der Waals surface area contributed by atoms with E-state index in [1.54, 1.807) is 38.5 Å². The SMILES string of the molecule is COc1ccc(NC(=O)CCCn2nc(-c3ccc(C)cc3)ccc2=O)cc1OC. The minimum Gasteiger partial charge on any atom is -0.493 e. The van der Waals surface area contributed by atoms with Crippen molar-refractivity contribution in [2.45, 2.75) is 26.3 Å². The number of ether oxygens (including phenoxy) is 2. The highest BCUT2D eigenvalue weighted by molar-refractivity contribution is 5.91. The minimum atomic E-state index is -0.189. The van der Waals surface area contributed by atoms with E-state index in [-0.39, 0.29) is 17.9 Å². The lowest BCUT2D eigenvalue weighted by Gasteiger charge is -2.11. The predicted molar refractivity (Wildman–Crippen MR) is 116 cm³/mol. The average Bonchev–Trinajstić information content (AvgIpc) is 2.75. The van der Waals surface area contributed by atoms with E-state index in [4.69, 9.17) is 9.47 Å². The van der Waals surface area contributed by atoms with Crippen molar-refractivity contribution in [3.63, 3.8) is 0 Å². The van der Waals surface area contributed by atoms with Crippen molar-refractivity contribution in [3.8, 4) is 22.8 Å². The summed E-state index contributed by atoms with van der Waals surface area (Å²) >= 11 is 0. The second-order valence-electron chi connectivity index (χ2n) is 6.87. The molecule has 3 rings (SSSR count). The van der Waals surface area contributed by atoms with Gasteiger partial charge in [-0.15, -0.1) is 0 Å². The number of anilines is 1. The number of hydrogen-bond donors (Lipinski definition) is 1. The van der Waals surface area contributed by atoms with Crippen LogP contribution < -0.4 is 20.3 Å². The zero-order chi connectivity index (χ0) is 21.5. The van der Waals surface area contributed by atoms with Crippen LogP contribution in [0.1, 0.15) is 18.4 Å². The number of rotatable bonds is 8. The van der Waals surface area contributed by atoms with Gasteiger partial charge in [0.05, 0.1) is 19.9 Å². The summed E-state index contributed by atoms with van der Waals surface area (Å²) < 4.78 is 11.8. The van der Waals surface area contributed by atoms with Crippen LogP contribution in [0.3, 0.4) is 0 Å². The molecule has 0 saturated carbocycles. The molecular weight excluding hydrogens is 382 g/mol. The van der Waals surface area contributed by atoms with Gasteiger partial charge in [-0.05, 0) is 31.5 Å². The molecule has 0 radical (unpaired) electrons. The Kier molecular flexibility index (Phi) is 6.85. The molecule has 0 aliphatic rings. The minimum absolute atomic E-state index is 0.148. The van der Waals surface area contributed by atoms with Crippen molar-refractivity contribution in [1.29, 1.82) is 0 Å². The van der Waals surface area contributed by atoms with Crippen molar-refractivity contribution in [2.75, 3.05) is 19.5 Å². The largest absolute Gasteiger partial charge is 0.493 e. The Hall–Kier alpha value is -3.61. The number of aromatic nitrogens is 2. The predicted octanol–water partition coefficient (Wildman–Crippen LogP) is 3.65. The van der Waals surface area contributed by atoms with Crippen LogP contribution in [0.25, 0.3) is 11.3 Å². The van der Waals surface area contributed by atoms with E-state index in [0.717, 1.165) is 16.8 Å². The highest BCUT2D eigenvalue weighted by Crippen LogP contribution is 2.29. The van der Waals surface area contributed by atoms with Crippen molar-refractivity contribution in [3.05, 3.63) is 70.5 Å². The molecule has 0 aliphatic carbocycles. The number of carbonyl (C=O) groups excluding carboxylic acids is 1. The Balaban J connectivity index is 1.59. The zero-order valence-corrected chi connectivity index (χ0v) is 17.3. The first-order valence-electron chi connectivity index (χ1n) is 9.67. The van der Waals surface area contributed by atoms with Gasteiger partial charge in [-0.25, -0.2) is 4.68 Å². The molecule has 1 amide bonds. The summed E-state index contributed by atoms with van der Waals surface area (Å²) in [5.74, 6) is 0.985. The smallest absolute Gasteiger partial charge is 0.266 e. The second-order valence-corrected chi connectivity index (χ2v) is 6.87. The van der Waals surface area contributed by atoms with Gasteiger partial charge in [0, 0.05) is 36.3 Å². The molecule has 1 aromatic heterocycles. The molecule has 0 spiro atoms. The van der Waals surface area contributed by atoms with Crippen LogP contribution >= 0.6 is 0 Å². The van der Waals surface area contributed by atoms with Gasteiger partial charge in [0.2, 0.25) is 5.91 Å². The van der Waals surface area contributed by atoms with E-state index in [9.17, 15) is 9.59 Å². The van der Waals surface area contributed by atoms with Gasteiger partial charge in [-0.3, -0.25) is 9.59 Å². The molecule has 0 fully saturated rings. The highest BCUT2D eigenvalue weighted by Gasteiger charge is 2.09. The number of benzene rings is 2. The molecule has 0 atom stereocenters. The number of nitrogens with one attached hydrogen (secondary N) is 1. The lowest BCUT2D eigenvalue weighted by molar-refractivity contribution is -0.116. The molecule has 7 heteroatoms. The van der Waals surface area contributed by atoms with Crippen molar-refractivity contribution < 1.29 is 14.3 Å². The number of carbonyl (C=O) groups is 1. The Morgan fingerprint density at radius 1 is 1.00 bits per heavy atom. The van der Waals surface area contributed by atoms with E-state index < -0.39 is 0 Å². The summed E-state index contributed by atoms with van der Waals surface area (Å²) in [7, 11) is 3.10. The van der Waals surface area contributed by atoms with Crippen molar-refractivity contribution in [1.82, 2.24) is 9.78 Å². The third kappa shape index (κ3) is 5.26. The van der Waals surface area contributed by atoms with Crippen LogP contribution in [0.4, 0.5) is 5.69 Å². The van der Waals surface area contributed by atoms with Crippen LogP contribution in [0.5, 0.6) is 11.5 Å². The Labute approximate surface area is 175 Å². The van der Waals surface area contributed by atoms with Crippen LogP contribution in [-0.2, 0) is 11.3 Å². The number of aryl methyl sites for hydroxylation is 2. The molecule has 1 N–H and O–H groups in total. The quantitative estimate of drug-likeness (QED) is 0.616. The summed E-state index contributed by atoms with van der Waals surface area (Å²) in [6, 6.07) is 16.4. The molecule has 0 unspecified atom stereocenters. The number of amides is 1. The first-order valence-corrected chi connectivity index (χ1v) is 9.67. The molecule has 1 heterocycles. The van der Waals surface area contributed by atoms with Gasteiger partial charge >= 0.3 is 0 Å². The Bertz CT molecular complexity index is 1070. The van der Waals surface area contributed by atoms with E-state index in [2.05, 4.69) is 10.4 Å². The summed E-state index contributed by atoms with van der Waals surface area (Å²) in [6.45, 7) is 2.38. The normalized spacial score (nSPS) is 10.5. The average molecular weight is 407 g/mol. The monoisotopic (exact) mass is 407 g/mol. The molecular formula is C23H25N3O4. The van der Waals surface area contributed by atoms with E-state index in [1.165, 1.54) is 10.7 Å². The third-order valence-electron chi connectivity index (χ3n) is 4.66. The van der Waals surface area contributed by atoms with Gasteiger partial charge in [-0.1, -0.05) is 29.8 Å². The molecule has 0 saturated heterocycles. The lowest BCUT2D eigenvalue weighted by Crippen LogP contribution is -2.23. The van der Waals surface area contributed by atoms with Gasteiger partial charge in [-0.2, -0.15) is 5.10 Å². The number of hydrogen-bond acceptors (Lipinski definition) is 5. The zero-order valence-electron chi connectivity index (χ0n) is 17.3. The molecule has 0 aliphatic heterocycles. The highest BCUT2D eigenvalue weighted by atomic mass is 16.5. The fraction of sp³-hybridized carbons (Fsp3) is 0.261. The third-order valence-corrected chi connectivity index (χ3v) is 4.66. The van der Waals surface area contributed by atoms with Gasteiger partial charge < -0.3 is 14.8 Å². The Morgan fingerprint density at radius 3 is 2.43 bits per heavy atom. The van der Waals surface area contributed by atoms with Crippen molar-refractivity contribution >= 4 is 11.6 Å². The molecule has 2 aromatic carbocycles. The topological polar surface area (TPSA) is 82.5 Å². The second kappa shape index (κ2) is 9.73. The van der Waals surface area contributed by atoms with Crippen LogP contribution in [0.15, 0.2) is 59.4 Å². The maximum Gasteiger partial charge on any atom is 0.266 e. The van der Waals surface area contributed by atoms with Gasteiger partial charge in [0.1, 0.15) is 0 Å². The van der Waals surface area contributed by atoms with Crippen LogP contribution in [0.2, 0.25) is 0 Å². The summed E-state index contributed by atoms with van der Waals surface area (Å²) in [6.07, 6.45) is 0.751. The molecule has 30 heavy (non-hydrogen) atoms. The van der Waals surface area contributed by atoms with Gasteiger partial charge in [0.25, 0.3) is 5.56 Å². The number of nitrogens with zero attached hydrogens (tertiary/aromatic N) is 2. The van der Waals surface area contributed by atoms with E-state index in [1.807, 2.05) is 31.2 Å². The first kappa shape index (κ1) is 21.1. The molecule has 0 bridgehead atoms. The number of methoxy groups -OCH3 is 2. The van der Waals surface area contributed by atoms with Crippen LogP contribution in [0, 0.1) is 6.92 Å². The molecule has 156 valence electrons. The Morgan fingerprint density at radius 2 is 1.73 bits per heavy atom. The lowest BCUT2D eigenvalue weighted by atomic mass is 10.1. The van der Waals surface area contributed by atoms with E-state index >= 15 is 0 Å². The van der Waals surface area contributed by atoms with Gasteiger partial charge in [0.15, 0.2) is 11.5 Å². The molecule has 7 nitrogen and oxygen atoms in total. The molecule has 3 aromatic rings. The maximum absolute atomic E-state index is 12.3.